The normalized spacial score (nSPS) is 18.7. The van der Waals surface area contributed by atoms with Crippen LogP contribution in [0.5, 0.6) is 5.19 Å². The fourth-order valence-electron chi connectivity index (χ4n) is 1.43. The Morgan fingerprint density at radius 2 is 2.00 bits per heavy atom. The molecule has 2 heterocycles. The van der Waals surface area contributed by atoms with E-state index in [1.807, 2.05) is 0 Å². The zero-order chi connectivity index (χ0) is 11.6. The fraction of sp³-hybridized carbons (Fsp3) is 0.750. The average molecular weight is 253 g/mol. The van der Waals surface area contributed by atoms with Crippen LogP contribution in [0, 0.1) is 0 Å². The fourth-order valence-corrected chi connectivity index (χ4v) is 2.04. The van der Waals surface area contributed by atoms with Gasteiger partial charge in [0.2, 0.25) is 0 Å². The Morgan fingerprint density at radius 3 is 2.56 bits per heavy atom. The van der Waals surface area contributed by atoms with Crippen molar-refractivity contribution in [3.8, 4) is 5.19 Å². The van der Waals surface area contributed by atoms with E-state index in [2.05, 4.69) is 14.7 Å². The van der Waals surface area contributed by atoms with Gasteiger partial charge in [0.15, 0.2) is 0 Å². The summed E-state index contributed by atoms with van der Waals surface area (Å²) in [7, 11) is 0. The molecule has 0 saturated carbocycles. The Morgan fingerprint density at radius 1 is 1.31 bits per heavy atom. The molecule has 0 aromatic carbocycles. The summed E-state index contributed by atoms with van der Waals surface area (Å²) in [6.45, 7) is 1.63. The molecule has 90 valence electrons. The number of aromatic nitrogens is 2. The third-order valence-corrected chi connectivity index (χ3v) is 2.82. The van der Waals surface area contributed by atoms with E-state index < -0.39 is 12.0 Å². The Balaban J connectivity index is 1.97. The van der Waals surface area contributed by atoms with Crippen LogP contribution in [-0.2, 0) is 6.18 Å². The summed E-state index contributed by atoms with van der Waals surface area (Å²) in [6.07, 6.45) is -3.00. The molecule has 0 atom stereocenters. The molecular formula is C8H10F3N3OS. The molecular weight excluding hydrogens is 243 g/mol. The molecule has 0 amide bonds. The lowest BCUT2D eigenvalue weighted by Crippen LogP contribution is -2.34. The van der Waals surface area contributed by atoms with Gasteiger partial charge in [0.25, 0.3) is 11.0 Å². The molecule has 1 N–H and O–H groups in total. The summed E-state index contributed by atoms with van der Waals surface area (Å²) < 4.78 is 45.1. The molecule has 16 heavy (non-hydrogen) atoms. The average Bonchev–Trinajstić information content (AvgIpc) is 2.67. The standard InChI is InChI=1S/C8H10F3N3OS/c9-8(10,11)6-13-7(16-14-6)15-5-1-3-12-4-2-5/h5,12H,1-4H2. The molecule has 1 fully saturated rings. The van der Waals surface area contributed by atoms with Crippen molar-refractivity contribution in [2.24, 2.45) is 0 Å². The van der Waals surface area contributed by atoms with E-state index in [0.717, 1.165) is 25.9 Å². The minimum absolute atomic E-state index is 0.000718. The van der Waals surface area contributed by atoms with E-state index >= 15 is 0 Å². The van der Waals surface area contributed by atoms with Crippen LogP contribution in [-0.4, -0.2) is 28.6 Å². The molecule has 1 aliphatic rings. The molecule has 1 saturated heterocycles. The van der Waals surface area contributed by atoms with E-state index in [9.17, 15) is 13.2 Å². The molecule has 1 aromatic heterocycles. The zero-order valence-electron chi connectivity index (χ0n) is 8.25. The number of piperidine rings is 1. The van der Waals surface area contributed by atoms with Gasteiger partial charge in [0, 0.05) is 11.5 Å². The van der Waals surface area contributed by atoms with E-state index in [4.69, 9.17) is 4.74 Å². The summed E-state index contributed by atoms with van der Waals surface area (Å²) >= 11 is 0.646. The second-order valence-electron chi connectivity index (χ2n) is 3.45. The van der Waals surface area contributed by atoms with Crippen LogP contribution in [0.3, 0.4) is 0 Å². The van der Waals surface area contributed by atoms with Crippen LogP contribution in [0.25, 0.3) is 0 Å². The maximum Gasteiger partial charge on any atom is 0.452 e. The molecule has 0 radical (unpaired) electrons. The maximum absolute atomic E-state index is 12.2. The topological polar surface area (TPSA) is 47.0 Å². The number of nitrogens with zero attached hydrogens (tertiary/aromatic N) is 2. The van der Waals surface area contributed by atoms with Gasteiger partial charge in [-0.1, -0.05) is 0 Å². The van der Waals surface area contributed by atoms with Gasteiger partial charge in [-0.3, -0.25) is 0 Å². The Labute approximate surface area is 94.0 Å². The Bertz CT molecular complexity index is 349. The van der Waals surface area contributed by atoms with E-state index in [0.29, 0.717) is 11.5 Å². The van der Waals surface area contributed by atoms with Gasteiger partial charge in [-0.05, 0) is 25.9 Å². The second kappa shape index (κ2) is 4.54. The molecule has 0 spiro atoms. The maximum atomic E-state index is 12.2. The van der Waals surface area contributed by atoms with Crippen LogP contribution >= 0.6 is 11.5 Å². The molecule has 1 aliphatic heterocycles. The number of ether oxygens (including phenoxy) is 1. The van der Waals surface area contributed by atoms with Crippen LogP contribution < -0.4 is 10.1 Å². The molecule has 0 bridgehead atoms. The van der Waals surface area contributed by atoms with Crippen molar-refractivity contribution in [2.75, 3.05) is 13.1 Å². The Kier molecular flexibility index (Phi) is 3.29. The van der Waals surface area contributed by atoms with Gasteiger partial charge >= 0.3 is 6.18 Å². The first kappa shape index (κ1) is 11.6. The molecule has 0 unspecified atom stereocenters. The van der Waals surface area contributed by atoms with Crippen molar-refractivity contribution in [3.05, 3.63) is 5.82 Å². The van der Waals surface area contributed by atoms with E-state index in [-0.39, 0.29) is 11.3 Å². The highest BCUT2D eigenvalue weighted by atomic mass is 32.1. The van der Waals surface area contributed by atoms with Gasteiger partial charge in [0.05, 0.1) is 0 Å². The zero-order valence-corrected chi connectivity index (χ0v) is 9.07. The number of rotatable bonds is 2. The van der Waals surface area contributed by atoms with Gasteiger partial charge in [-0.2, -0.15) is 22.5 Å². The van der Waals surface area contributed by atoms with Gasteiger partial charge in [0.1, 0.15) is 6.10 Å². The molecule has 8 heteroatoms. The molecule has 2 rings (SSSR count). The largest absolute Gasteiger partial charge is 0.466 e. The summed E-state index contributed by atoms with van der Waals surface area (Å²) in [5.74, 6) is -1.12. The van der Waals surface area contributed by atoms with Gasteiger partial charge in [-0.25, -0.2) is 0 Å². The first-order valence-electron chi connectivity index (χ1n) is 4.84. The lowest BCUT2D eigenvalue weighted by atomic mass is 10.1. The second-order valence-corrected chi connectivity index (χ2v) is 4.16. The summed E-state index contributed by atoms with van der Waals surface area (Å²) in [6, 6.07) is 0. The minimum Gasteiger partial charge on any atom is -0.466 e. The Hall–Kier alpha value is -0.890. The highest BCUT2D eigenvalue weighted by molar-refractivity contribution is 7.07. The first-order chi connectivity index (χ1) is 7.55. The van der Waals surface area contributed by atoms with Crippen molar-refractivity contribution >= 4 is 11.5 Å². The summed E-state index contributed by atoms with van der Waals surface area (Å²) in [5.41, 5.74) is 0. The third kappa shape index (κ3) is 2.82. The first-order valence-corrected chi connectivity index (χ1v) is 5.61. The molecule has 4 nitrogen and oxygen atoms in total. The SMILES string of the molecule is FC(F)(F)c1nsc(OC2CCNCC2)n1. The molecule has 0 aliphatic carbocycles. The van der Waals surface area contributed by atoms with Crippen LogP contribution in [0.1, 0.15) is 18.7 Å². The van der Waals surface area contributed by atoms with E-state index in [1.165, 1.54) is 0 Å². The number of alkyl halides is 3. The lowest BCUT2D eigenvalue weighted by Gasteiger charge is -2.21. The van der Waals surface area contributed by atoms with Crippen molar-refractivity contribution in [3.63, 3.8) is 0 Å². The van der Waals surface area contributed by atoms with E-state index in [1.54, 1.807) is 0 Å². The number of nitrogens with one attached hydrogen (secondary N) is 1. The predicted molar refractivity (Wildman–Crippen MR) is 51.4 cm³/mol. The van der Waals surface area contributed by atoms with Crippen molar-refractivity contribution in [1.82, 2.24) is 14.7 Å². The lowest BCUT2D eigenvalue weighted by molar-refractivity contribution is -0.144. The van der Waals surface area contributed by atoms with Crippen molar-refractivity contribution in [2.45, 2.75) is 25.1 Å². The summed E-state index contributed by atoms with van der Waals surface area (Å²) in [4.78, 5) is 3.32. The van der Waals surface area contributed by atoms with Crippen molar-refractivity contribution < 1.29 is 17.9 Å². The van der Waals surface area contributed by atoms with Gasteiger partial charge in [-0.15, -0.1) is 0 Å². The highest BCUT2D eigenvalue weighted by Gasteiger charge is 2.36. The predicted octanol–water partition coefficient (Wildman–Crippen LogP) is 1.69. The molecule has 1 aromatic rings. The summed E-state index contributed by atoms with van der Waals surface area (Å²) in [5, 5.41) is 3.14. The van der Waals surface area contributed by atoms with Gasteiger partial charge < -0.3 is 10.1 Å². The highest BCUT2D eigenvalue weighted by Crippen LogP contribution is 2.30. The van der Waals surface area contributed by atoms with Crippen molar-refractivity contribution in [1.29, 1.82) is 0 Å². The number of hydrogen-bond acceptors (Lipinski definition) is 5. The smallest absolute Gasteiger partial charge is 0.452 e. The quantitative estimate of drug-likeness (QED) is 0.871. The number of hydrogen-bond donors (Lipinski definition) is 1. The third-order valence-electron chi connectivity index (χ3n) is 2.21. The van der Waals surface area contributed by atoms with Crippen LogP contribution in [0.15, 0.2) is 0 Å². The van der Waals surface area contributed by atoms with Crippen LogP contribution in [0.2, 0.25) is 0 Å². The minimum atomic E-state index is -4.49. The number of halogens is 3. The monoisotopic (exact) mass is 253 g/mol. The van der Waals surface area contributed by atoms with Crippen LogP contribution in [0.4, 0.5) is 13.2 Å².